The van der Waals surface area contributed by atoms with Crippen LogP contribution in [0.4, 0.5) is 0 Å². The molecule has 1 N–H and O–H groups in total. The molecular weight excluding hydrogens is 234 g/mol. The molecule has 2 bridgehead atoms. The first-order chi connectivity index (χ1) is 8.77. The highest BCUT2D eigenvalue weighted by atomic mass is 16.5. The van der Waals surface area contributed by atoms with Crippen LogP contribution in [0.3, 0.4) is 0 Å². The lowest BCUT2D eigenvalue weighted by Gasteiger charge is -2.34. The summed E-state index contributed by atoms with van der Waals surface area (Å²) in [6.45, 7) is 11.3. The third kappa shape index (κ3) is 2.58. The van der Waals surface area contributed by atoms with Gasteiger partial charge in [0.1, 0.15) is 0 Å². The molecule has 1 saturated heterocycles. The van der Waals surface area contributed by atoms with Gasteiger partial charge in [0.2, 0.25) is 0 Å². The van der Waals surface area contributed by atoms with Gasteiger partial charge in [-0.1, -0.05) is 6.42 Å². The molecule has 5 unspecified atom stereocenters. The number of hydrogen-bond acceptors (Lipinski definition) is 2. The first-order valence-corrected chi connectivity index (χ1v) is 8.23. The lowest BCUT2D eigenvalue weighted by Crippen LogP contribution is -2.50. The molecule has 1 heterocycles. The van der Waals surface area contributed by atoms with Crippen molar-refractivity contribution in [3.05, 3.63) is 0 Å². The van der Waals surface area contributed by atoms with E-state index in [0.29, 0.717) is 12.1 Å². The van der Waals surface area contributed by atoms with E-state index in [9.17, 15) is 0 Å². The van der Waals surface area contributed by atoms with E-state index in [-0.39, 0.29) is 11.2 Å². The summed E-state index contributed by atoms with van der Waals surface area (Å²) in [4.78, 5) is 0. The molecule has 5 atom stereocenters. The Hall–Kier alpha value is -0.0800. The van der Waals surface area contributed by atoms with Gasteiger partial charge >= 0.3 is 0 Å². The van der Waals surface area contributed by atoms with Crippen molar-refractivity contribution in [3.8, 4) is 0 Å². The minimum Gasteiger partial charge on any atom is -0.368 e. The van der Waals surface area contributed by atoms with Crippen LogP contribution >= 0.6 is 0 Å². The number of nitrogens with one attached hydrogen (secondary N) is 1. The average molecular weight is 265 g/mol. The third-order valence-electron chi connectivity index (χ3n) is 5.97. The van der Waals surface area contributed by atoms with Gasteiger partial charge in [-0.15, -0.1) is 0 Å². The lowest BCUT2D eigenvalue weighted by atomic mass is 9.83. The van der Waals surface area contributed by atoms with Gasteiger partial charge in [0.05, 0.1) is 11.2 Å². The van der Waals surface area contributed by atoms with Gasteiger partial charge in [0.15, 0.2) is 0 Å². The Kier molecular flexibility index (Phi) is 3.26. The fraction of sp³-hybridized carbons (Fsp3) is 1.00. The van der Waals surface area contributed by atoms with Crippen LogP contribution in [0.1, 0.15) is 66.7 Å². The second-order valence-electron chi connectivity index (χ2n) is 8.52. The van der Waals surface area contributed by atoms with E-state index >= 15 is 0 Å². The summed E-state index contributed by atoms with van der Waals surface area (Å²) in [6, 6.07) is 1.15. The standard InChI is InChI=1S/C17H31NO/c1-11(14-9-12-6-7-13(14)8-12)18-15-10-16(2,3)19-17(15,4)5/h11-15,18H,6-10H2,1-5H3. The van der Waals surface area contributed by atoms with Gasteiger partial charge < -0.3 is 10.1 Å². The van der Waals surface area contributed by atoms with Crippen LogP contribution in [-0.2, 0) is 4.74 Å². The SMILES string of the molecule is CC(NC1CC(C)(C)OC1(C)C)C1CC2CCC1C2. The van der Waals surface area contributed by atoms with E-state index in [0.717, 1.165) is 24.2 Å². The summed E-state index contributed by atoms with van der Waals surface area (Å²) in [5.41, 5.74) is -0.00898. The summed E-state index contributed by atoms with van der Waals surface area (Å²) in [5, 5.41) is 3.93. The molecule has 3 fully saturated rings. The van der Waals surface area contributed by atoms with E-state index < -0.39 is 0 Å². The molecular formula is C17H31NO. The predicted octanol–water partition coefficient (Wildman–Crippen LogP) is 3.75. The van der Waals surface area contributed by atoms with Crippen LogP contribution in [0.15, 0.2) is 0 Å². The van der Waals surface area contributed by atoms with Crippen molar-refractivity contribution >= 4 is 0 Å². The molecule has 2 saturated carbocycles. The van der Waals surface area contributed by atoms with Crippen molar-refractivity contribution in [2.24, 2.45) is 17.8 Å². The first-order valence-electron chi connectivity index (χ1n) is 8.23. The topological polar surface area (TPSA) is 21.3 Å². The molecule has 2 aliphatic carbocycles. The fourth-order valence-corrected chi connectivity index (χ4v) is 5.17. The number of rotatable bonds is 3. The molecule has 19 heavy (non-hydrogen) atoms. The summed E-state index contributed by atoms with van der Waals surface area (Å²) < 4.78 is 6.21. The Morgan fingerprint density at radius 1 is 1.11 bits per heavy atom. The lowest BCUT2D eigenvalue weighted by molar-refractivity contribution is -0.0708. The Bertz CT molecular complexity index is 349. The molecule has 2 heteroatoms. The van der Waals surface area contributed by atoms with Crippen molar-refractivity contribution in [2.45, 2.75) is 90.0 Å². The average Bonchev–Trinajstić information content (AvgIpc) is 2.91. The molecule has 2 nitrogen and oxygen atoms in total. The smallest absolute Gasteiger partial charge is 0.0787 e. The molecule has 110 valence electrons. The quantitative estimate of drug-likeness (QED) is 0.839. The predicted molar refractivity (Wildman–Crippen MR) is 79.2 cm³/mol. The maximum atomic E-state index is 6.21. The monoisotopic (exact) mass is 265 g/mol. The van der Waals surface area contributed by atoms with Gasteiger partial charge in [-0.3, -0.25) is 0 Å². The van der Waals surface area contributed by atoms with Gasteiger partial charge in [0.25, 0.3) is 0 Å². The molecule has 0 aromatic heterocycles. The first kappa shape index (κ1) is 13.9. The maximum Gasteiger partial charge on any atom is 0.0787 e. The van der Waals surface area contributed by atoms with Crippen molar-refractivity contribution in [3.63, 3.8) is 0 Å². The Morgan fingerprint density at radius 2 is 1.84 bits per heavy atom. The highest BCUT2D eigenvalue weighted by Gasteiger charge is 2.48. The summed E-state index contributed by atoms with van der Waals surface area (Å²) >= 11 is 0. The second kappa shape index (κ2) is 4.46. The molecule has 3 rings (SSSR count). The van der Waals surface area contributed by atoms with Crippen LogP contribution in [0.25, 0.3) is 0 Å². The third-order valence-corrected chi connectivity index (χ3v) is 5.97. The van der Waals surface area contributed by atoms with Gasteiger partial charge in [0, 0.05) is 12.1 Å². The minimum absolute atomic E-state index is 0.0234. The molecule has 0 radical (unpaired) electrons. The Morgan fingerprint density at radius 3 is 2.32 bits per heavy atom. The summed E-state index contributed by atoms with van der Waals surface area (Å²) in [6.07, 6.45) is 7.09. The van der Waals surface area contributed by atoms with Crippen LogP contribution in [0.2, 0.25) is 0 Å². The van der Waals surface area contributed by atoms with Crippen LogP contribution < -0.4 is 5.32 Å². The summed E-state index contributed by atoms with van der Waals surface area (Å²) in [5.74, 6) is 2.97. The van der Waals surface area contributed by atoms with E-state index in [2.05, 4.69) is 39.9 Å². The minimum atomic E-state index is -0.0324. The van der Waals surface area contributed by atoms with Crippen molar-refractivity contribution in [2.75, 3.05) is 0 Å². The van der Waals surface area contributed by atoms with Crippen molar-refractivity contribution in [1.29, 1.82) is 0 Å². The molecule has 0 aromatic carbocycles. The van der Waals surface area contributed by atoms with Gasteiger partial charge in [-0.25, -0.2) is 0 Å². The zero-order valence-electron chi connectivity index (χ0n) is 13.3. The largest absolute Gasteiger partial charge is 0.368 e. The fourth-order valence-electron chi connectivity index (χ4n) is 5.17. The highest BCUT2D eigenvalue weighted by molar-refractivity contribution is 5.02. The Labute approximate surface area is 118 Å². The van der Waals surface area contributed by atoms with Gasteiger partial charge in [-0.05, 0) is 78.1 Å². The molecule has 3 aliphatic rings. The maximum absolute atomic E-state index is 6.21. The zero-order chi connectivity index (χ0) is 13.8. The molecule has 1 aliphatic heterocycles. The van der Waals surface area contributed by atoms with Gasteiger partial charge in [-0.2, -0.15) is 0 Å². The number of fused-ring (bicyclic) bond motifs is 2. The zero-order valence-corrected chi connectivity index (χ0v) is 13.3. The second-order valence-corrected chi connectivity index (χ2v) is 8.52. The Balaban J connectivity index is 1.62. The van der Waals surface area contributed by atoms with Crippen LogP contribution in [0.5, 0.6) is 0 Å². The molecule has 0 spiro atoms. The molecule has 0 aromatic rings. The van der Waals surface area contributed by atoms with E-state index in [1.54, 1.807) is 0 Å². The highest BCUT2D eigenvalue weighted by Crippen LogP contribution is 2.50. The van der Waals surface area contributed by atoms with Crippen molar-refractivity contribution in [1.82, 2.24) is 5.32 Å². The van der Waals surface area contributed by atoms with E-state index in [4.69, 9.17) is 4.74 Å². The van der Waals surface area contributed by atoms with E-state index in [1.807, 2.05) is 0 Å². The van der Waals surface area contributed by atoms with Crippen LogP contribution in [0, 0.1) is 17.8 Å². The van der Waals surface area contributed by atoms with E-state index in [1.165, 1.54) is 25.7 Å². The number of hydrogen-bond donors (Lipinski definition) is 1. The normalized spacial score (nSPS) is 44.7. The van der Waals surface area contributed by atoms with Crippen molar-refractivity contribution < 1.29 is 4.74 Å². The van der Waals surface area contributed by atoms with Crippen LogP contribution in [-0.4, -0.2) is 23.3 Å². The molecule has 0 amide bonds. The number of ether oxygens (including phenoxy) is 1. The summed E-state index contributed by atoms with van der Waals surface area (Å²) in [7, 11) is 0.